The van der Waals surface area contributed by atoms with E-state index >= 15 is 0 Å². The summed E-state index contributed by atoms with van der Waals surface area (Å²) in [5.41, 5.74) is 0.0927. The molecule has 0 amide bonds. The van der Waals surface area contributed by atoms with Crippen LogP contribution in [-0.4, -0.2) is 34.9 Å². The van der Waals surface area contributed by atoms with E-state index in [-0.39, 0.29) is 64.1 Å². The van der Waals surface area contributed by atoms with E-state index < -0.39 is 6.10 Å². The van der Waals surface area contributed by atoms with Crippen LogP contribution in [0.2, 0.25) is 0 Å². The number of Topliss-reactive ketones (excluding diaryl/α,β-unsaturated/α-hetero) is 2. The standard InChI is InChI=1S/C28H36O5/c1-16(29)20-9-10-21-24-23(33-26(32)17-7-5-4-6-8-17)14-18-13-19(30)11-12-27(18,2)25(24)22(31)15-28(20,21)3/h4-8,18,20-25,31H,9-15H2,1-3H3/t18-,20?,21?,22+,23-,24?,25?,27-,28+/m0/s1. The first-order valence-corrected chi connectivity index (χ1v) is 12.6. The first-order chi connectivity index (χ1) is 15.6. The molecule has 0 heterocycles. The third-order valence-corrected chi connectivity index (χ3v) is 10.2. The highest BCUT2D eigenvalue weighted by Crippen LogP contribution is 2.67. The molecule has 9 atom stereocenters. The summed E-state index contributed by atoms with van der Waals surface area (Å²) in [4.78, 5) is 38.0. The highest BCUT2D eigenvalue weighted by molar-refractivity contribution is 5.89. The molecule has 0 bridgehead atoms. The molecule has 4 fully saturated rings. The Balaban J connectivity index is 1.54. The third-order valence-electron chi connectivity index (χ3n) is 10.2. The molecule has 33 heavy (non-hydrogen) atoms. The lowest BCUT2D eigenvalue weighted by Gasteiger charge is -2.63. The third kappa shape index (κ3) is 3.50. The number of ketones is 2. The van der Waals surface area contributed by atoms with Gasteiger partial charge in [0.2, 0.25) is 0 Å². The maximum Gasteiger partial charge on any atom is 0.338 e. The lowest BCUT2D eigenvalue weighted by molar-refractivity contribution is -0.205. The molecular weight excluding hydrogens is 416 g/mol. The second-order valence-corrected chi connectivity index (χ2v) is 11.7. The van der Waals surface area contributed by atoms with Gasteiger partial charge in [-0.05, 0) is 79.7 Å². The summed E-state index contributed by atoms with van der Waals surface area (Å²) in [5, 5.41) is 11.6. The smallest absolute Gasteiger partial charge is 0.338 e. The van der Waals surface area contributed by atoms with Crippen LogP contribution in [-0.2, 0) is 14.3 Å². The number of hydrogen-bond acceptors (Lipinski definition) is 5. The topological polar surface area (TPSA) is 80.7 Å². The number of aliphatic hydroxyl groups is 1. The number of fused-ring (bicyclic) bond motifs is 5. The van der Waals surface area contributed by atoms with Crippen molar-refractivity contribution in [3.8, 4) is 0 Å². The molecule has 0 saturated heterocycles. The number of rotatable bonds is 3. The van der Waals surface area contributed by atoms with Gasteiger partial charge >= 0.3 is 5.97 Å². The minimum absolute atomic E-state index is 0.00483. The molecule has 4 aliphatic rings. The van der Waals surface area contributed by atoms with Crippen LogP contribution >= 0.6 is 0 Å². The summed E-state index contributed by atoms with van der Waals surface area (Å²) in [5.74, 6) is 0.395. The Morgan fingerprint density at radius 1 is 1.09 bits per heavy atom. The van der Waals surface area contributed by atoms with Gasteiger partial charge in [-0.1, -0.05) is 32.0 Å². The number of ether oxygens (including phenoxy) is 1. The zero-order chi connectivity index (χ0) is 23.5. The number of esters is 1. The van der Waals surface area contributed by atoms with Gasteiger partial charge in [-0.3, -0.25) is 9.59 Å². The summed E-state index contributed by atoms with van der Waals surface area (Å²) in [7, 11) is 0. The maximum atomic E-state index is 13.1. The average molecular weight is 453 g/mol. The number of hydrogen-bond donors (Lipinski definition) is 1. The molecule has 1 aromatic carbocycles. The Kier molecular flexibility index (Phi) is 5.55. The van der Waals surface area contributed by atoms with Gasteiger partial charge in [0.1, 0.15) is 17.7 Å². The van der Waals surface area contributed by atoms with Crippen molar-refractivity contribution in [1.29, 1.82) is 0 Å². The lowest BCUT2D eigenvalue weighted by atomic mass is 9.43. The molecule has 5 heteroatoms. The van der Waals surface area contributed by atoms with E-state index in [0.29, 0.717) is 31.2 Å². The van der Waals surface area contributed by atoms with Crippen LogP contribution in [0.1, 0.15) is 76.1 Å². The first kappa shape index (κ1) is 22.8. The van der Waals surface area contributed by atoms with Gasteiger partial charge in [-0.15, -0.1) is 0 Å². The van der Waals surface area contributed by atoms with Gasteiger partial charge in [0.25, 0.3) is 0 Å². The molecule has 1 aromatic rings. The molecule has 0 aromatic heterocycles. The van der Waals surface area contributed by atoms with E-state index in [1.807, 2.05) is 18.2 Å². The van der Waals surface area contributed by atoms with Crippen molar-refractivity contribution in [3.63, 3.8) is 0 Å². The van der Waals surface area contributed by atoms with Crippen molar-refractivity contribution in [2.45, 2.75) is 77.9 Å². The Morgan fingerprint density at radius 2 is 1.82 bits per heavy atom. The van der Waals surface area contributed by atoms with E-state index in [9.17, 15) is 19.5 Å². The minimum Gasteiger partial charge on any atom is -0.458 e. The number of carbonyl (C=O) groups is 3. The van der Waals surface area contributed by atoms with Crippen LogP contribution in [0.15, 0.2) is 30.3 Å². The Morgan fingerprint density at radius 3 is 2.52 bits per heavy atom. The fourth-order valence-corrected chi connectivity index (χ4v) is 8.67. The number of carbonyl (C=O) groups excluding carboxylic acids is 3. The van der Waals surface area contributed by atoms with E-state index in [4.69, 9.17) is 4.74 Å². The summed E-state index contributed by atoms with van der Waals surface area (Å²) < 4.78 is 6.23. The van der Waals surface area contributed by atoms with Crippen LogP contribution < -0.4 is 0 Å². The van der Waals surface area contributed by atoms with E-state index in [2.05, 4.69) is 13.8 Å². The molecule has 0 aliphatic heterocycles. The average Bonchev–Trinajstić information content (AvgIpc) is 3.11. The molecule has 0 spiro atoms. The Hall–Kier alpha value is -2.01. The highest BCUT2D eigenvalue weighted by atomic mass is 16.5. The lowest BCUT2D eigenvalue weighted by Crippen LogP contribution is -2.63. The van der Waals surface area contributed by atoms with Crippen LogP contribution in [0.3, 0.4) is 0 Å². The molecule has 5 rings (SSSR count). The van der Waals surface area contributed by atoms with Gasteiger partial charge < -0.3 is 9.84 Å². The van der Waals surface area contributed by atoms with Gasteiger partial charge in [0.15, 0.2) is 0 Å². The van der Waals surface area contributed by atoms with Gasteiger partial charge in [-0.25, -0.2) is 4.79 Å². The SMILES string of the molecule is CC(=O)C1CCC2C3C([C@H](O)C[C@]12C)[C@@]1(C)CCC(=O)C[C@H]1C[C@@H]3OC(=O)c1ccccc1. The Labute approximate surface area is 196 Å². The van der Waals surface area contributed by atoms with Gasteiger partial charge in [0.05, 0.1) is 11.7 Å². The van der Waals surface area contributed by atoms with Crippen molar-refractivity contribution < 1.29 is 24.2 Å². The van der Waals surface area contributed by atoms with Crippen LogP contribution in [0.5, 0.6) is 0 Å². The van der Waals surface area contributed by atoms with Crippen molar-refractivity contribution in [2.75, 3.05) is 0 Å². The predicted octanol–water partition coefficient (Wildman–Crippen LogP) is 4.61. The largest absolute Gasteiger partial charge is 0.458 e. The zero-order valence-corrected chi connectivity index (χ0v) is 20.0. The quantitative estimate of drug-likeness (QED) is 0.678. The van der Waals surface area contributed by atoms with Crippen LogP contribution in [0, 0.1) is 40.4 Å². The maximum absolute atomic E-state index is 13.1. The van der Waals surface area contributed by atoms with E-state index in [0.717, 1.165) is 19.3 Å². The van der Waals surface area contributed by atoms with E-state index in [1.165, 1.54) is 0 Å². The molecule has 0 radical (unpaired) electrons. The van der Waals surface area contributed by atoms with Gasteiger partial charge in [-0.2, -0.15) is 0 Å². The molecule has 178 valence electrons. The Bertz CT molecular complexity index is 956. The fourth-order valence-electron chi connectivity index (χ4n) is 8.67. The van der Waals surface area contributed by atoms with Crippen molar-refractivity contribution >= 4 is 17.5 Å². The summed E-state index contributed by atoms with van der Waals surface area (Å²) in [6.45, 7) is 6.10. The predicted molar refractivity (Wildman–Crippen MR) is 123 cm³/mol. The molecule has 1 N–H and O–H groups in total. The summed E-state index contributed by atoms with van der Waals surface area (Å²) in [6, 6.07) is 9.05. The molecule has 4 unspecified atom stereocenters. The zero-order valence-electron chi connectivity index (χ0n) is 20.0. The first-order valence-electron chi connectivity index (χ1n) is 12.6. The summed E-state index contributed by atoms with van der Waals surface area (Å²) in [6.07, 6.45) is 3.97. The van der Waals surface area contributed by atoms with Crippen molar-refractivity contribution in [3.05, 3.63) is 35.9 Å². The van der Waals surface area contributed by atoms with E-state index in [1.54, 1.807) is 19.1 Å². The van der Waals surface area contributed by atoms with Crippen LogP contribution in [0.25, 0.3) is 0 Å². The fraction of sp³-hybridized carbons (Fsp3) is 0.679. The monoisotopic (exact) mass is 452 g/mol. The molecular formula is C28H36O5. The normalized spacial score (nSPS) is 44.4. The van der Waals surface area contributed by atoms with Crippen molar-refractivity contribution in [2.24, 2.45) is 40.4 Å². The highest BCUT2D eigenvalue weighted by Gasteiger charge is 2.66. The summed E-state index contributed by atoms with van der Waals surface area (Å²) >= 11 is 0. The minimum atomic E-state index is -0.560. The second-order valence-electron chi connectivity index (χ2n) is 11.7. The molecule has 4 saturated carbocycles. The molecule has 5 nitrogen and oxygen atoms in total. The second kappa shape index (κ2) is 8.04. The molecule has 4 aliphatic carbocycles. The number of aliphatic hydroxyl groups excluding tert-OH is 1. The van der Waals surface area contributed by atoms with Gasteiger partial charge in [0, 0.05) is 24.7 Å². The van der Waals surface area contributed by atoms with Crippen LogP contribution in [0.4, 0.5) is 0 Å². The van der Waals surface area contributed by atoms with Crippen molar-refractivity contribution in [1.82, 2.24) is 0 Å². The number of benzene rings is 1.